The first-order chi connectivity index (χ1) is 11.2. The van der Waals surface area contributed by atoms with E-state index in [1.54, 1.807) is 0 Å². The third kappa shape index (κ3) is 5.09. The lowest BCUT2D eigenvalue weighted by Gasteiger charge is -2.19. The number of nitrogens with zero attached hydrogens (tertiary/aromatic N) is 5. The molecule has 0 aromatic carbocycles. The molecule has 0 aliphatic heterocycles. The molecule has 2 aromatic heterocycles. The Bertz CT molecular complexity index is 696. The molecule has 0 saturated heterocycles. The van der Waals surface area contributed by atoms with Crippen LogP contribution in [0.25, 0.3) is 10.8 Å². The first-order valence-electron chi connectivity index (χ1n) is 6.76. The molecule has 0 radical (unpaired) electrons. The summed E-state index contributed by atoms with van der Waals surface area (Å²) >= 11 is 2.64. The van der Waals surface area contributed by atoms with Crippen molar-refractivity contribution in [3.63, 3.8) is 0 Å². The first kappa shape index (κ1) is 17.0. The Morgan fingerprint density at radius 2 is 2.04 bits per heavy atom. The molecule has 0 N–H and O–H groups in total. The van der Waals surface area contributed by atoms with Gasteiger partial charge in [-0.25, -0.2) is 0 Å². The van der Waals surface area contributed by atoms with Gasteiger partial charge in [0.25, 0.3) is 11.1 Å². The number of carbonyl (C=O) groups is 1. The average Bonchev–Trinajstić information content (AvgIpc) is 3.23. The summed E-state index contributed by atoms with van der Waals surface area (Å²) in [6.07, 6.45) is 0.482. The molecule has 2 heterocycles. The standard InChI is InChI=1S/C14H13N5O2S2/c15-5-2-7-19(8-3-6-16)12(20)10-23-14-18-17-13(21-14)11-4-1-9-22-11/h1,4,9H,2-3,7-8,10H2. The van der Waals surface area contributed by atoms with Crippen LogP contribution in [0.2, 0.25) is 0 Å². The van der Waals surface area contributed by atoms with E-state index < -0.39 is 0 Å². The molecule has 1 amide bonds. The van der Waals surface area contributed by atoms with Gasteiger partial charge >= 0.3 is 0 Å². The van der Waals surface area contributed by atoms with Crippen molar-refractivity contribution in [2.24, 2.45) is 0 Å². The molecule has 7 nitrogen and oxygen atoms in total. The molecule has 118 valence electrons. The van der Waals surface area contributed by atoms with Gasteiger partial charge in [-0.2, -0.15) is 10.5 Å². The lowest BCUT2D eigenvalue weighted by molar-refractivity contribution is -0.128. The van der Waals surface area contributed by atoms with Crippen molar-refractivity contribution in [3.8, 4) is 22.9 Å². The molecule has 0 fully saturated rings. The minimum absolute atomic E-state index is 0.128. The number of nitriles is 2. The molecule has 0 aliphatic carbocycles. The van der Waals surface area contributed by atoms with Crippen molar-refractivity contribution in [2.75, 3.05) is 18.8 Å². The lowest BCUT2D eigenvalue weighted by Crippen LogP contribution is -2.34. The van der Waals surface area contributed by atoms with E-state index in [9.17, 15) is 4.79 Å². The Hall–Kier alpha value is -2.36. The van der Waals surface area contributed by atoms with Gasteiger partial charge in [0.15, 0.2) is 0 Å². The molecule has 2 rings (SSSR count). The van der Waals surface area contributed by atoms with Gasteiger partial charge in [-0.05, 0) is 11.4 Å². The largest absolute Gasteiger partial charge is 0.410 e. The van der Waals surface area contributed by atoms with Crippen LogP contribution in [0.4, 0.5) is 0 Å². The molecule has 23 heavy (non-hydrogen) atoms. The quantitative estimate of drug-likeness (QED) is 0.675. The fourth-order valence-electron chi connectivity index (χ4n) is 1.71. The van der Waals surface area contributed by atoms with Gasteiger partial charge in [0, 0.05) is 13.1 Å². The fourth-order valence-corrected chi connectivity index (χ4v) is 3.02. The Morgan fingerprint density at radius 3 is 2.65 bits per heavy atom. The molecule has 0 atom stereocenters. The van der Waals surface area contributed by atoms with Crippen LogP contribution >= 0.6 is 23.1 Å². The predicted molar refractivity (Wildman–Crippen MR) is 85.4 cm³/mol. The second kappa shape index (κ2) is 8.93. The van der Waals surface area contributed by atoms with Crippen LogP contribution in [-0.2, 0) is 4.79 Å². The zero-order valence-electron chi connectivity index (χ0n) is 12.1. The van der Waals surface area contributed by atoms with Gasteiger partial charge in [0.2, 0.25) is 5.91 Å². The van der Waals surface area contributed by atoms with Gasteiger partial charge in [0.05, 0.1) is 35.6 Å². The van der Waals surface area contributed by atoms with E-state index >= 15 is 0 Å². The van der Waals surface area contributed by atoms with Gasteiger partial charge in [-0.1, -0.05) is 17.8 Å². The SMILES string of the molecule is N#CCCN(CCC#N)C(=O)CSc1nnc(-c2cccs2)o1. The maximum absolute atomic E-state index is 12.2. The molecule has 0 unspecified atom stereocenters. The molecular weight excluding hydrogens is 334 g/mol. The van der Waals surface area contributed by atoms with Crippen molar-refractivity contribution in [1.82, 2.24) is 15.1 Å². The number of hydrogen-bond acceptors (Lipinski definition) is 8. The van der Waals surface area contributed by atoms with Gasteiger partial charge in [-0.3, -0.25) is 4.79 Å². The van der Waals surface area contributed by atoms with Crippen molar-refractivity contribution < 1.29 is 9.21 Å². The van der Waals surface area contributed by atoms with Crippen molar-refractivity contribution in [3.05, 3.63) is 17.5 Å². The van der Waals surface area contributed by atoms with Crippen LogP contribution in [0.3, 0.4) is 0 Å². The smallest absolute Gasteiger partial charge is 0.277 e. The normalized spacial score (nSPS) is 10.0. The number of thioether (sulfide) groups is 1. The highest BCUT2D eigenvalue weighted by Gasteiger charge is 2.16. The lowest BCUT2D eigenvalue weighted by atomic mass is 10.3. The van der Waals surface area contributed by atoms with E-state index in [2.05, 4.69) is 10.2 Å². The summed E-state index contributed by atoms with van der Waals surface area (Å²) in [5, 5.41) is 27.4. The van der Waals surface area contributed by atoms with E-state index in [-0.39, 0.29) is 24.5 Å². The number of carbonyl (C=O) groups excluding carboxylic acids is 1. The Labute approximate surface area is 141 Å². The molecule has 2 aromatic rings. The molecule has 0 spiro atoms. The zero-order valence-corrected chi connectivity index (χ0v) is 13.8. The Kier molecular flexibility index (Phi) is 6.60. The van der Waals surface area contributed by atoms with Gasteiger partial charge in [0.1, 0.15) is 0 Å². The molecule has 9 heteroatoms. The third-order valence-electron chi connectivity index (χ3n) is 2.80. The topological polar surface area (TPSA) is 107 Å². The summed E-state index contributed by atoms with van der Waals surface area (Å²) in [5.74, 6) is 0.403. The van der Waals surface area contributed by atoms with Crippen LogP contribution in [0.5, 0.6) is 0 Å². The first-order valence-corrected chi connectivity index (χ1v) is 8.63. The summed E-state index contributed by atoms with van der Waals surface area (Å²) < 4.78 is 5.50. The summed E-state index contributed by atoms with van der Waals surface area (Å²) in [6.45, 7) is 0.643. The maximum atomic E-state index is 12.2. The summed E-state index contributed by atoms with van der Waals surface area (Å²) in [4.78, 5) is 14.5. The molecule has 0 bridgehead atoms. The fraction of sp³-hybridized carbons (Fsp3) is 0.357. The van der Waals surface area contributed by atoms with E-state index in [0.717, 1.165) is 16.6 Å². The summed E-state index contributed by atoms with van der Waals surface area (Å²) in [5.41, 5.74) is 0. The number of hydrogen-bond donors (Lipinski definition) is 0. The van der Waals surface area contributed by atoms with Crippen LogP contribution in [0.1, 0.15) is 12.8 Å². The molecule has 0 saturated carbocycles. The van der Waals surface area contributed by atoms with Crippen molar-refractivity contribution in [2.45, 2.75) is 18.1 Å². The number of rotatable bonds is 8. The van der Waals surface area contributed by atoms with Crippen molar-refractivity contribution >= 4 is 29.0 Å². The summed E-state index contributed by atoms with van der Waals surface area (Å²) in [7, 11) is 0. The van der Waals surface area contributed by atoms with E-state index in [0.29, 0.717) is 24.2 Å². The Balaban J connectivity index is 1.89. The monoisotopic (exact) mass is 347 g/mol. The van der Waals surface area contributed by atoms with Crippen LogP contribution < -0.4 is 0 Å². The maximum Gasteiger partial charge on any atom is 0.277 e. The molecular formula is C14H13N5O2S2. The number of aromatic nitrogens is 2. The molecule has 0 aliphatic rings. The van der Waals surface area contributed by atoms with Gasteiger partial charge < -0.3 is 9.32 Å². The zero-order chi connectivity index (χ0) is 16.5. The third-order valence-corrected chi connectivity index (χ3v) is 4.46. The highest BCUT2D eigenvalue weighted by molar-refractivity contribution is 7.99. The number of amides is 1. The summed E-state index contributed by atoms with van der Waals surface area (Å²) in [6, 6.07) is 7.77. The van der Waals surface area contributed by atoms with Gasteiger partial charge in [-0.15, -0.1) is 21.5 Å². The second-order valence-corrected chi connectivity index (χ2v) is 6.21. The van der Waals surface area contributed by atoms with Crippen LogP contribution in [0, 0.1) is 22.7 Å². The second-order valence-electron chi connectivity index (χ2n) is 4.34. The van der Waals surface area contributed by atoms with E-state index in [1.165, 1.54) is 16.2 Å². The van der Waals surface area contributed by atoms with Crippen molar-refractivity contribution in [1.29, 1.82) is 10.5 Å². The number of thiophene rings is 1. The predicted octanol–water partition coefficient (Wildman–Crippen LogP) is 2.55. The van der Waals surface area contributed by atoms with Crippen LogP contribution in [0.15, 0.2) is 27.2 Å². The Morgan fingerprint density at radius 1 is 1.30 bits per heavy atom. The van der Waals surface area contributed by atoms with E-state index in [4.69, 9.17) is 14.9 Å². The minimum Gasteiger partial charge on any atom is -0.410 e. The minimum atomic E-state index is -0.156. The van der Waals surface area contributed by atoms with Crippen LogP contribution in [-0.4, -0.2) is 39.8 Å². The average molecular weight is 347 g/mol. The highest BCUT2D eigenvalue weighted by Crippen LogP contribution is 2.26. The highest BCUT2D eigenvalue weighted by atomic mass is 32.2. The van der Waals surface area contributed by atoms with E-state index in [1.807, 2.05) is 29.7 Å².